The average Bonchev–Trinajstić information content (AvgIpc) is 2.50. The molecule has 0 spiro atoms. The summed E-state index contributed by atoms with van der Waals surface area (Å²) in [5.74, 6) is -0.929. The van der Waals surface area contributed by atoms with E-state index in [1.54, 1.807) is 24.3 Å². The minimum absolute atomic E-state index is 0.347. The number of carbonyl (C=O) groups excluding carboxylic acids is 2. The number of anilines is 2. The molecule has 0 atom stereocenters. The van der Waals surface area contributed by atoms with Crippen LogP contribution < -0.4 is 10.6 Å². The highest BCUT2D eigenvalue weighted by molar-refractivity contribution is 6.34. The Morgan fingerprint density at radius 1 is 1.12 bits per heavy atom. The smallest absolute Gasteiger partial charge is 0.233 e. The lowest BCUT2D eigenvalue weighted by atomic mass is 10.1. The van der Waals surface area contributed by atoms with Crippen LogP contribution in [0.2, 0.25) is 5.02 Å². The van der Waals surface area contributed by atoms with E-state index < -0.39 is 11.8 Å². The van der Waals surface area contributed by atoms with Gasteiger partial charge in [0.05, 0.1) is 22.3 Å². The van der Waals surface area contributed by atoms with Gasteiger partial charge in [-0.3, -0.25) is 9.59 Å². The number of halogens is 1. The zero-order valence-corrected chi connectivity index (χ0v) is 14.1. The molecule has 2 rings (SSSR count). The van der Waals surface area contributed by atoms with E-state index in [1.165, 1.54) is 6.07 Å². The highest BCUT2D eigenvalue weighted by Crippen LogP contribution is 2.27. The summed E-state index contributed by atoms with van der Waals surface area (Å²) in [5, 5.41) is 14.5. The second-order valence-corrected chi connectivity index (χ2v) is 5.81. The van der Waals surface area contributed by atoms with Gasteiger partial charge in [-0.2, -0.15) is 5.26 Å². The Hall–Kier alpha value is -2.84. The van der Waals surface area contributed by atoms with Crippen LogP contribution >= 0.6 is 11.6 Å². The van der Waals surface area contributed by atoms with Crippen molar-refractivity contribution in [3.05, 3.63) is 58.1 Å². The zero-order chi connectivity index (χ0) is 17.7. The summed E-state index contributed by atoms with van der Waals surface area (Å²) in [6, 6.07) is 12.1. The van der Waals surface area contributed by atoms with E-state index >= 15 is 0 Å². The summed E-state index contributed by atoms with van der Waals surface area (Å²) in [6.07, 6.45) is -0.347. The number of aryl methyl sites for hydroxylation is 2. The van der Waals surface area contributed by atoms with Gasteiger partial charge in [-0.25, -0.2) is 0 Å². The Morgan fingerprint density at radius 3 is 2.50 bits per heavy atom. The molecular formula is C18H16ClN3O2. The Balaban J connectivity index is 2.00. The van der Waals surface area contributed by atoms with Gasteiger partial charge >= 0.3 is 0 Å². The summed E-state index contributed by atoms with van der Waals surface area (Å²) in [7, 11) is 0. The summed E-state index contributed by atoms with van der Waals surface area (Å²) in [5.41, 5.74) is 3.23. The topological polar surface area (TPSA) is 82.0 Å². The van der Waals surface area contributed by atoms with Gasteiger partial charge in [0.15, 0.2) is 0 Å². The molecule has 6 heteroatoms. The van der Waals surface area contributed by atoms with Crippen LogP contribution in [0.25, 0.3) is 0 Å². The standard InChI is InChI=1S/C18H16ClN3O2/c1-11-6-12(2)18(15(19)7-11)22-17(24)9-16(23)21-14-5-3-4-13(8-14)10-20/h3-8H,9H2,1-2H3,(H,21,23)(H,22,24). The summed E-state index contributed by atoms with van der Waals surface area (Å²) < 4.78 is 0. The molecule has 0 radical (unpaired) electrons. The van der Waals surface area contributed by atoms with Crippen molar-refractivity contribution >= 4 is 34.8 Å². The van der Waals surface area contributed by atoms with Crippen LogP contribution in [0.4, 0.5) is 11.4 Å². The Morgan fingerprint density at radius 2 is 1.83 bits per heavy atom. The number of rotatable bonds is 4. The fourth-order valence-corrected chi connectivity index (χ4v) is 2.64. The molecule has 0 unspecified atom stereocenters. The first-order chi connectivity index (χ1) is 11.4. The largest absolute Gasteiger partial charge is 0.326 e. The van der Waals surface area contributed by atoms with Crippen LogP contribution in [0.1, 0.15) is 23.1 Å². The zero-order valence-electron chi connectivity index (χ0n) is 13.3. The van der Waals surface area contributed by atoms with Crippen molar-refractivity contribution in [2.24, 2.45) is 0 Å². The van der Waals surface area contributed by atoms with Gasteiger partial charge in [-0.05, 0) is 49.2 Å². The third-order valence-electron chi connectivity index (χ3n) is 3.29. The maximum Gasteiger partial charge on any atom is 0.233 e. The molecule has 122 valence electrons. The lowest BCUT2D eigenvalue weighted by molar-refractivity contribution is -0.123. The van der Waals surface area contributed by atoms with E-state index in [4.69, 9.17) is 16.9 Å². The molecule has 0 aliphatic rings. The molecular weight excluding hydrogens is 326 g/mol. The molecule has 24 heavy (non-hydrogen) atoms. The number of nitrogens with zero attached hydrogens (tertiary/aromatic N) is 1. The Kier molecular flexibility index (Phi) is 5.56. The second kappa shape index (κ2) is 7.62. The van der Waals surface area contributed by atoms with E-state index in [2.05, 4.69) is 10.6 Å². The second-order valence-electron chi connectivity index (χ2n) is 5.40. The lowest BCUT2D eigenvalue weighted by Gasteiger charge is -2.11. The van der Waals surface area contributed by atoms with E-state index in [0.29, 0.717) is 22.0 Å². The number of nitrogens with one attached hydrogen (secondary N) is 2. The Bertz CT molecular complexity index is 817. The SMILES string of the molecule is Cc1cc(C)c(NC(=O)CC(=O)Nc2cccc(C#N)c2)c(Cl)c1. The average molecular weight is 342 g/mol. The third-order valence-corrected chi connectivity index (χ3v) is 3.59. The number of amides is 2. The third kappa shape index (κ3) is 4.58. The molecule has 2 amide bonds. The predicted octanol–water partition coefficient (Wildman–Crippen LogP) is 3.80. The van der Waals surface area contributed by atoms with E-state index in [0.717, 1.165) is 11.1 Å². The number of benzene rings is 2. The monoisotopic (exact) mass is 341 g/mol. The molecule has 2 aromatic rings. The summed E-state index contributed by atoms with van der Waals surface area (Å²) >= 11 is 6.13. The van der Waals surface area contributed by atoms with Gasteiger partial charge in [-0.15, -0.1) is 0 Å². The van der Waals surface area contributed by atoms with Crippen LogP contribution in [0.5, 0.6) is 0 Å². The van der Waals surface area contributed by atoms with Crippen molar-refractivity contribution in [3.8, 4) is 6.07 Å². The molecule has 5 nitrogen and oxygen atoms in total. The van der Waals surface area contributed by atoms with Crippen LogP contribution in [-0.4, -0.2) is 11.8 Å². The number of carbonyl (C=O) groups is 2. The van der Waals surface area contributed by atoms with E-state index in [1.807, 2.05) is 26.0 Å². The Labute approximate surface area is 145 Å². The molecule has 0 heterocycles. The van der Waals surface area contributed by atoms with Crippen LogP contribution in [0.15, 0.2) is 36.4 Å². The van der Waals surface area contributed by atoms with Gasteiger partial charge < -0.3 is 10.6 Å². The summed E-state index contributed by atoms with van der Waals surface area (Å²) in [6.45, 7) is 3.75. The molecule has 0 fully saturated rings. The molecule has 0 aliphatic carbocycles. The molecule has 0 saturated carbocycles. The number of nitriles is 1. The van der Waals surface area contributed by atoms with Crippen molar-refractivity contribution < 1.29 is 9.59 Å². The van der Waals surface area contributed by atoms with Gasteiger partial charge in [0.1, 0.15) is 6.42 Å². The maximum absolute atomic E-state index is 12.0. The first-order valence-electron chi connectivity index (χ1n) is 7.25. The van der Waals surface area contributed by atoms with Crippen molar-refractivity contribution in [2.75, 3.05) is 10.6 Å². The van der Waals surface area contributed by atoms with Crippen molar-refractivity contribution in [1.29, 1.82) is 5.26 Å². The van der Waals surface area contributed by atoms with Crippen LogP contribution in [0.3, 0.4) is 0 Å². The van der Waals surface area contributed by atoms with E-state index in [9.17, 15) is 9.59 Å². The highest BCUT2D eigenvalue weighted by Gasteiger charge is 2.13. The molecule has 0 saturated heterocycles. The van der Waals surface area contributed by atoms with Gasteiger partial charge in [0, 0.05) is 5.69 Å². The lowest BCUT2D eigenvalue weighted by Crippen LogP contribution is -2.22. The van der Waals surface area contributed by atoms with Crippen molar-refractivity contribution in [2.45, 2.75) is 20.3 Å². The predicted molar refractivity (Wildman–Crippen MR) is 94.0 cm³/mol. The molecule has 2 N–H and O–H groups in total. The van der Waals surface area contributed by atoms with Gasteiger partial charge in [0.2, 0.25) is 11.8 Å². The van der Waals surface area contributed by atoms with Crippen LogP contribution in [-0.2, 0) is 9.59 Å². The quantitative estimate of drug-likeness (QED) is 0.830. The minimum Gasteiger partial charge on any atom is -0.326 e. The van der Waals surface area contributed by atoms with E-state index in [-0.39, 0.29) is 6.42 Å². The van der Waals surface area contributed by atoms with Crippen molar-refractivity contribution in [3.63, 3.8) is 0 Å². The fourth-order valence-electron chi connectivity index (χ4n) is 2.28. The molecule has 0 aliphatic heterocycles. The van der Waals surface area contributed by atoms with Crippen LogP contribution in [0, 0.1) is 25.2 Å². The number of hydrogen-bond donors (Lipinski definition) is 2. The van der Waals surface area contributed by atoms with Gasteiger partial charge in [0.25, 0.3) is 0 Å². The molecule has 0 bridgehead atoms. The summed E-state index contributed by atoms with van der Waals surface area (Å²) in [4.78, 5) is 24.0. The maximum atomic E-state index is 12.0. The fraction of sp³-hybridized carbons (Fsp3) is 0.167. The molecule has 0 aromatic heterocycles. The molecule has 2 aromatic carbocycles. The van der Waals surface area contributed by atoms with Crippen molar-refractivity contribution in [1.82, 2.24) is 0 Å². The first-order valence-corrected chi connectivity index (χ1v) is 7.63. The normalized spacial score (nSPS) is 9.92. The number of hydrogen-bond acceptors (Lipinski definition) is 3. The van der Waals surface area contributed by atoms with Gasteiger partial charge in [-0.1, -0.05) is 23.7 Å². The highest BCUT2D eigenvalue weighted by atomic mass is 35.5. The minimum atomic E-state index is -0.469. The first kappa shape index (κ1) is 17.5.